The Balaban J connectivity index is 2.21. The molecule has 0 aliphatic carbocycles. The monoisotopic (exact) mass is 365 g/mol. The lowest BCUT2D eigenvalue weighted by atomic mass is 10.1. The second-order valence-electron chi connectivity index (χ2n) is 6.88. The van der Waals surface area contributed by atoms with Crippen molar-refractivity contribution in [2.45, 2.75) is 33.6 Å². The molecule has 0 bridgehead atoms. The van der Waals surface area contributed by atoms with E-state index in [0.717, 1.165) is 42.3 Å². The van der Waals surface area contributed by atoms with Gasteiger partial charge in [-0.05, 0) is 82.1 Å². The van der Waals surface area contributed by atoms with Gasteiger partial charge < -0.3 is 14.4 Å². The quantitative estimate of drug-likeness (QED) is 0.471. The van der Waals surface area contributed by atoms with Crippen LogP contribution in [0.5, 0.6) is 11.5 Å². The molecule has 3 nitrogen and oxygen atoms in total. The minimum absolute atomic E-state index is 0.819. The Hall–Kier alpha value is -2.68. The molecule has 0 N–H and O–H groups in total. The number of rotatable bonds is 9. The van der Waals surface area contributed by atoms with Crippen molar-refractivity contribution in [2.75, 3.05) is 25.7 Å². The lowest BCUT2D eigenvalue weighted by Gasteiger charge is -2.24. The Morgan fingerprint density at radius 3 is 1.67 bits per heavy atom. The third-order valence-electron chi connectivity index (χ3n) is 4.48. The van der Waals surface area contributed by atoms with Crippen LogP contribution in [0.2, 0.25) is 0 Å². The second kappa shape index (κ2) is 10.5. The SMILES string of the molecule is COc1ccc(N(C/C=C(\C)CCC=C(C)C)c2ccc(OC)cc2)cc1. The van der Waals surface area contributed by atoms with Crippen molar-refractivity contribution in [1.29, 1.82) is 0 Å². The van der Waals surface area contributed by atoms with Crippen molar-refractivity contribution in [3.63, 3.8) is 0 Å². The van der Waals surface area contributed by atoms with Crippen LogP contribution in [0.1, 0.15) is 33.6 Å². The summed E-state index contributed by atoms with van der Waals surface area (Å²) in [6.45, 7) is 7.32. The molecule has 0 fully saturated rings. The highest BCUT2D eigenvalue weighted by atomic mass is 16.5. The van der Waals surface area contributed by atoms with E-state index in [0.29, 0.717) is 0 Å². The molecule has 0 aliphatic heterocycles. The van der Waals surface area contributed by atoms with Crippen molar-refractivity contribution >= 4 is 11.4 Å². The highest BCUT2D eigenvalue weighted by Crippen LogP contribution is 2.29. The topological polar surface area (TPSA) is 21.7 Å². The first-order valence-electron chi connectivity index (χ1n) is 9.38. The van der Waals surface area contributed by atoms with Crippen molar-refractivity contribution in [2.24, 2.45) is 0 Å². The van der Waals surface area contributed by atoms with Crippen LogP contribution in [-0.2, 0) is 0 Å². The Morgan fingerprint density at radius 1 is 0.778 bits per heavy atom. The van der Waals surface area contributed by atoms with Crippen LogP contribution in [0, 0.1) is 0 Å². The molecule has 0 radical (unpaired) electrons. The van der Waals surface area contributed by atoms with Crippen LogP contribution < -0.4 is 14.4 Å². The van der Waals surface area contributed by atoms with Crippen molar-refractivity contribution in [1.82, 2.24) is 0 Å². The minimum Gasteiger partial charge on any atom is -0.497 e. The Morgan fingerprint density at radius 2 is 1.26 bits per heavy atom. The Labute approximate surface area is 163 Å². The molecule has 0 saturated carbocycles. The van der Waals surface area contributed by atoms with Gasteiger partial charge in [0.25, 0.3) is 0 Å². The molecule has 2 aromatic rings. The van der Waals surface area contributed by atoms with Crippen molar-refractivity contribution in [3.8, 4) is 11.5 Å². The number of nitrogens with zero attached hydrogens (tertiary/aromatic N) is 1. The number of allylic oxidation sites excluding steroid dienone is 3. The van der Waals surface area contributed by atoms with E-state index in [4.69, 9.17) is 9.47 Å². The van der Waals surface area contributed by atoms with Gasteiger partial charge in [-0.3, -0.25) is 0 Å². The molecule has 0 aromatic heterocycles. The van der Waals surface area contributed by atoms with Gasteiger partial charge in [0, 0.05) is 17.9 Å². The molecule has 27 heavy (non-hydrogen) atoms. The summed E-state index contributed by atoms with van der Waals surface area (Å²) in [6, 6.07) is 16.4. The molecule has 0 atom stereocenters. The van der Waals surface area contributed by atoms with E-state index in [2.05, 4.69) is 62.1 Å². The summed E-state index contributed by atoms with van der Waals surface area (Å²) >= 11 is 0. The van der Waals surface area contributed by atoms with Crippen LogP contribution in [0.3, 0.4) is 0 Å². The number of methoxy groups -OCH3 is 2. The van der Waals surface area contributed by atoms with E-state index in [1.54, 1.807) is 14.2 Å². The number of hydrogen-bond donors (Lipinski definition) is 0. The predicted octanol–water partition coefficient (Wildman–Crippen LogP) is 6.53. The summed E-state index contributed by atoms with van der Waals surface area (Å²) in [4.78, 5) is 2.29. The largest absolute Gasteiger partial charge is 0.497 e. The van der Waals surface area contributed by atoms with Gasteiger partial charge in [0.05, 0.1) is 14.2 Å². The first-order valence-corrected chi connectivity index (χ1v) is 9.38. The normalized spacial score (nSPS) is 11.1. The molecule has 2 aromatic carbocycles. The maximum atomic E-state index is 5.29. The molecular weight excluding hydrogens is 334 g/mol. The Kier molecular flexibility index (Phi) is 8.00. The van der Waals surface area contributed by atoms with Gasteiger partial charge in [0.1, 0.15) is 11.5 Å². The summed E-state index contributed by atoms with van der Waals surface area (Å²) in [6.07, 6.45) is 6.79. The van der Waals surface area contributed by atoms with E-state index in [-0.39, 0.29) is 0 Å². The predicted molar refractivity (Wildman–Crippen MR) is 115 cm³/mol. The maximum Gasteiger partial charge on any atom is 0.119 e. The fourth-order valence-electron chi connectivity index (χ4n) is 2.82. The van der Waals surface area contributed by atoms with Gasteiger partial charge in [-0.25, -0.2) is 0 Å². The van der Waals surface area contributed by atoms with Crippen LogP contribution in [0.4, 0.5) is 11.4 Å². The highest BCUT2D eigenvalue weighted by molar-refractivity contribution is 5.65. The third-order valence-corrected chi connectivity index (χ3v) is 4.48. The van der Waals surface area contributed by atoms with E-state index >= 15 is 0 Å². The number of ether oxygens (including phenoxy) is 2. The molecule has 0 amide bonds. The molecule has 0 saturated heterocycles. The molecule has 0 heterocycles. The third kappa shape index (κ3) is 6.52. The van der Waals surface area contributed by atoms with Crippen LogP contribution >= 0.6 is 0 Å². The van der Waals surface area contributed by atoms with Crippen LogP contribution in [0.15, 0.2) is 71.8 Å². The summed E-state index contributed by atoms with van der Waals surface area (Å²) in [5.41, 5.74) is 5.05. The first-order chi connectivity index (χ1) is 13.0. The maximum absolute atomic E-state index is 5.29. The zero-order valence-electron chi connectivity index (χ0n) is 17.2. The minimum atomic E-state index is 0.819. The molecule has 0 spiro atoms. The smallest absolute Gasteiger partial charge is 0.119 e. The molecular formula is C24H31NO2. The zero-order valence-corrected chi connectivity index (χ0v) is 17.2. The fourth-order valence-corrected chi connectivity index (χ4v) is 2.82. The van der Waals surface area contributed by atoms with Gasteiger partial charge in [-0.15, -0.1) is 0 Å². The van der Waals surface area contributed by atoms with E-state index < -0.39 is 0 Å². The molecule has 144 valence electrons. The van der Waals surface area contributed by atoms with E-state index in [1.807, 2.05) is 24.3 Å². The number of hydrogen-bond acceptors (Lipinski definition) is 3. The van der Waals surface area contributed by atoms with Gasteiger partial charge in [0.15, 0.2) is 0 Å². The van der Waals surface area contributed by atoms with Gasteiger partial charge >= 0.3 is 0 Å². The fraction of sp³-hybridized carbons (Fsp3) is 0.333. The average molecular weight is 366 g/mol. The van der Waals surface area contributed by atoms with Crippen LogP contribution in [-0.4, -0.2) is 20.8 Å². The molecule has 0 unspecified atom stereocenters. The molecule has 3 heteroatoms. The van der Waals surface area contributed by atoms with Gasteiger partial charge in [0.2, 0.25) is 0 Å². The zero-order chi connectivity index (χ0) is 19.6. The number of anilines is 2. The first kappa shape index (κ1) is 20.6. The summed E-state index contributed by atoms with van der Waals surface area (Å²) in [7, 11) is 3.38. The summed E-state index contributed by atoms with van der Waals surface area (Å²) in [5.74, 6) is 1.73. The number of benzene rings is 2. The standard InChI is InChI=1S/C24H31NO2/c1-19(2)7-6-8-20(3)17-18-25(21-9-13-23(26-4)14-10-21)22-11-15-24(27-5)16-12-22/h7,9-17H,6,8,18H2,1-5H3/b20-17+. The summed E-state index contributed by atoms with van der Waals surface area (Å²) in [5, 5.41) is 0. The van der Waals surface area contributed by atoms with Gasteiger partial charge in [-0.2, -0.15) is 0 Å². The van der Waals surface area contributed by atoms with Crippen molar-refractivity contribution < 1.29 is 9.47 Å². The summed E-state index contributed by atoms with van der Waals surface area (Å²) < 4.78 is 10.6. The highest BCUT2D eigenvalue weighted by Gasteiger charge is 2.09. The Bertz CT molecular complexity index is 706. The van der Waals surface area contributed by atoms with Gasteiger partial charge in [-0.1, -0.05) is 23.3 Å². The molecule has 2 rings (SSSR count). The average Bonchev–Trinajstić information content (AvgIpc) is 2.69. The molecule has 0 aliphatic rings. The lowest BCUT2D eigenvalue weighted by molar-refractivity contribution is 0.415. The second-order valence-corrected chi connectivity index (χ2v) is 6.88. The van der Waals surface area contributed by atoms with E-state index in [9.17, 15) is 0 Å². The van der Waals surface area contributed by atoms with E-state index in [1.165, 1.54) is 11.1 Å². The van der Waals surface area contributed by atoms with Crippen molar-refractivity contribution in [3.05, 3.63) is 71.8 Å². The van der Waals surface area contributed by atoms with Crippen LogP contribution in [0.25, 0.3) is 0 Å². The lowest BCUT2D eigenvalue weighted by Crippen LogP contribution is -2.17.